The minimum atomic E-state index is 0.451. The van der Waals surface area contributed by atoms with E-state index in [1.54, 1.807) is 0 Å². The topological polar surface area (TPSA) is 0 Å². The van der Waals surface area contributed by atoms with E-state index in [2.05, 4.69) is 20.8 Å². The number of alkyl halides is 1. The second-order valence-electron chi connectivity index (χ2n) is 3.72. The molecule has 1 saturated carbocycles. The number of hydrogen-bond acceptors (Lipinski definition) is 0. The minimum Gasteiger partial charge on any atom is -0.123 e. The first kappa shape index (κ1) is 6.41. The first-order valence-electron chi connectivity index (χ1n) is 3.16. The summed E-state index contributed by atoms with van der Waals surface area (Å²) in [6.07, 6.45) is 1.23. The van der Waals surface area contributed by atoms with Crippen molar-refractivity contribution in [3.63, 3.8) is 0 Å². The van der Waals surface area contributed by atoms with E-state index in [1.807, 2.05) is 0 Å². The van der Waals surface area contributed by atoms with Crippen molar-refractivity contribution in [1.82, 2.24) is 0 Å². The summed E-state index contributed by atoms with van der Waals surface area (Å²) in [6.45, 7) is 6.75. The van der Waals surface area contributed by atoms with Gasteiger partial charge in [-0.1, -0.05) is 20.8 Å². The van der Waals surface area contributed by atoms with Crippen LogP contribution in [0.15, 0.2) is 0 Å². The number of rotatable bonds is 0. The molecule has 0 heterocycles. The summed E-state index contributed by atoms with van der Waals surface area (Å²) < 4.78 is 0. The van der Waals surface area contributed by atoms with E-state index in [-0.39, 0.29) is 0 Å². The molecule has 0 saturated heterocycles. The summed E-state index contributed by atoms with van der Waals surface area (Å²) in [5, 5.41) is 0.481. The lowest BCUT2D eigenvalue weighted by molar-refractivity contribution is 0.352. The Hall–Kier alpha value is 0.290. The highest BCUT2D eigenvalue weighted by Crippen LogP contribution is 2.48. The lowest BCUT2D eigenvalue weighted by Gasteiger charge is -2.16. The summed E-state index contributed by atoms with van der Waals surface area (Å²) in [5.41, 5.74) is 0.451. The average molecular weight is 133 g/mol. The van der Waals surface area contributed by atoms with Crippen LogP contribution in [0.25, 0.3) is 0 Å². The minimum absolute atomic E-state index is 0.451. The maximum atomic E-state index is 5.84. The monoisotopic (exact) mass is 132 g/mol. The zero-order valence-electron chi connectivity index (χ0n) is 5.74. The Morgan fingerprint density at radius 1 is 1.38 bits per heavy atom. The van der Waals surface area contributed by atoms with Crippen molar-refractivity contribution < 1.29 is 0 Å². The summed E-state index contributed by atoms with van der Waals surface area (Å²) in [7, 11) is 0. The molecule has 0 N–H and O–H groups in total. The van der Waals surface area contributed by atoms with Gasteiger partial charge < -0.3 is 0 Å². The lowest BCUT2D eigenvalue weighted by atomic mass is 9.90. The maximum absolute atomic E-state index is 5.84. The van der Waals surface area contributed by atoms with Crippen LogP contribution in [0.5, 0.6) is 0 Å². The summed E-state index contributed by atoms with van der Waals surface area (Å²) in [5.74, 6) is 0.782. The predicted octanol–water partition coefficient (Wildman–Crippen LogP) is 2.66. The van der Waals surface area contributed by atoms with E-state index in [0.717, 1.165) is 5.92 Å². The SMILES string of the molecule is CC(C)(C)[C@@H]1C[C@@H]1Cl. The van der Waals surface area contributed by atoms with Gasteiger partial charge in [0, 0.05) is 5.38 Å². The quantitative estimate of drug-likeness (QED) is 0.445. The van der Waals surface area contributed by atoms with E-state index in [1.165, 1.54) is 6.42 Å². The van der Waals surface area contributed by atoms with Crippen LogP contribution in [0.3, 0.4) is 0 Å². The molecule has 1 rings (SSSR count). The molecule has 1 fully saturated rings. The molecular weight excluding hydrogens is 120 g/mol. The van der Waals surface area contributed by atoms with Gasteiger partial charge in [-0.2, -0.15) is 0 Å². The molecule has 1 aliphatic rings. The van der Waals surface area contributed by atoms with E-state index >= 15 is 0 Å². The molecule has 0 aromatic rings. The second kappa shape index (κ2) is 1.63. The van der Waals surface area contributed by atoms with Crippen molar-refractivity contribution in [1.29, 1.82) is 0 Å². The third-order valence-corrected chi connectivity index (χ3v) is 2.31. The number of hydrogen-bond donors (Lipinski definition) is 0. The van der Waals surface area contributed by atoms with Crippen LogP contribution in [0.1, 0.15) is 27.2 Å². The van der Waals surface area contributed by atoms with Gasteiger partial charge in [-0.05, 0) is 17.8 Å². The van der Waals surface area contributed by atoms with Gasteiger partial charge in [0.05, 0.1) is 0 Å². The van der Waals surface area contributed by atoms with Gasteiger partial charge in [0.1, 0.15) is 0 Å². The fourth-order valence-electron chi connectivity index (χ4n) is 1.06. The lowest BCUT2D eigenvalue weighted by Crippen LogP contribution is -2.08. The molecule has 8 heavy (non-hydrogen) atoms. The average Bonchev–Trinajstić information content (AvgIpc) is 2.13. The van der Waals surface area contributed by atoms with E-state index in [9.17, 15) is 0 Å². The summed E-state index contributed by atoms with van der Waals surface area (Å²) in [4.78, 5) is 0. The molecule has 0 aromatic heterocycles. The van der Waals surface area contributed by atoms with Gasteiger partial charge >= 0.3 is 0 Å². The highest BCUT2D eigenvalue weighted by molar-refractivity contribution is 6.22. The molecule has 48 valence electrons. The van der Waals surface area contributed by atoms with Gasteiger partial charge in [-0.15, -0.1) is 11.6 Å². The standard InChI is InChI=1S/C7H13Cl/c1-7(2,3)5-4-6(5)8/h5-6H,4H2,1-3H3/t5-,6+/m1/s1. The van der Waals surface area contributed by atoms with Gasteiger partial charge in [0.2, 0.25) is 0 Å². The highest BCUT2D eigenvalue weighted by Gasteiger charge is 2.43. The van der Waals surface area contributed by atoms with Crippen molar-refractivity contribution in [3.05, 3.63) is 0 Å². The van der Waals surface area contributed by atoms with Crippen LogP contribution in [0, 0.1) is 11.3 Å². The molecule has 0 aliphatic heterocycles. The molecule has 1 aliphatic carbocycles. The second-order valence-corrected chi connectivity index (χ2v) is 4.28. The zero-order chi connectivity index (χ0) is 6.36. The summed E-state index contributed by atoms with van der Waals surface area (Å²) in [6, 6.07) is 0. The molecule has 0 nitrogen and oxygen atoms in total. The van der Waals surface area contributed by atoms with Crippen molar-refractivity contribution in [2.75, 3.05) is 0 Å². The molecule has 0 unspecified atom stereocenters. The zero-order valence-corrected chi connectivity index (χ0v) is 6.50. The Morgan fingerprint density at radius 3 is 1.75 bits per heavy atom. The van der Waals surface area contributed by atoms with Crippen LogP contribution < -0.4 is 0 Å². The van der Waals surface area contributed by atoms with Crippen LogP contribution >= 0.6 is 11.6 Å². The van der Waals surface area contributed by atoms with E-state index in [4.69, 9.17) is 11.6 Å². The van der Waals surface area contributed by atoms with Crippen LogP contribution in [-0.2, 0) is 0 Å². The van der Waals surface area contributed by atoms with Gasteiger partial charge in [-0.3, -0.25) is 0 Å². The van der Waals surface area contributed by atoms with E-state index in [0.29, 0.717) is 10.8 Å². The van der Waals surface area contributed by atoms with Crippen molar-refractivity contribution in [3.8, 4) is 0 Å². The molecule has 0 amide bonds. The highest BCUT2D eigenvalue weighted by atomic mass is 35.5. The molecular formula is C7H13Cl. The molecule has 2 atom stereocenters. The largest absolute Gasteiger partial charge is 0.123 e. The first-order chi connectivity index (χ1) is 3.52. The molecule has 0 radical (unpaired) electrons. The Morgan fingerprint density at radius 2 is 1.75 bits per heavy atom. The van der Waals surface area contributed by atoms with Gasteiger partial charge in [0.25, 0.3) is 0 Å². The van der Waals surface area contributed by atoms with Crippen molar-refractivity contribution in [2.45, 2.75) is 32.6 Å². The fraction of sp³-hybridized carbons (Fsp3) is 1.00. The van der Waals surface area contributed by atoms with Crippen molar-refractivity contribution in [2.24, 2.45) is 11.3 Å². The fourth-order valence-corrected chi connectivity index (χ4v) is 1.63. The van der Waals surface area contributed by atoms with E-state index < -0.39 is 0 Å². The third kappa shape index (κ3) is 1.17. The Kier molecular flexibility index (Phi) is 1.31. The maximum Gasteiger partial charge on any atom is 0.0373 e. The smallest absolute Gasteiger partial charge is 0.0373 e. The van der Waals surface area contributed by atoms with Crippen LogP contribution in [-0.4, -0.2) is 5.38 Å². The predicted molar refractivity (Wildman–Crippen MR) is 37.2 cm³/mol. The third-order valence-electron chi connectivity index (χ3n) is 1.82. The Bertz CT molecular complexity index is 91.1. The molecule has 0 bridgehead atoms. The normalized spacial score (nSPS) is 37.5. The number of halogens is 1. The van der Waals surface area contributed by atoms with Gasteiger partial charge in [-0.25, -0.2) is 0 Å². The van der Waals surface area contributed by atoms with Gasteiger partial charge in [0.15, 0.2) is 0 Å². The molecule has 0 aromatic carbocycles. The Balaban J connectivity index is 2.39. The van der Waals surface area contributed by atoms with Crippen LogP contribution in [0.4, 0.5) is 0 Å². The van der Waals surface area contributed by atoms with Crippen molar-refractivity contribution >= 4 is 11.6 Å². The van der Waals surface area contributed by atoms with Crippen LogP contribution in [0.2, 0.25) is 0 Å². The first-order valence-corrected chi connectivity index (χ1v) is 3.59. The summed E-state index contributed by atoms with van der Waals surface area (Å²) >= 11 is 5.84. The Labute approximate surface area is 56.2 Å². The molecule has 1 heteroatoms. The molecule has 0 spiro atoms.